The Morgan fingerprint density at radius 1 is 1.08 bits per heavy atom. The predicted molar refractivity (Wildman–Crippen MR) is 155 cm³/mol. The zero-order valence-electron chi connectivity index (χ0n) is 22.6. The molecule has 1 aliphatic rings. The smallest absolute Gasteiger partial charge is 0.262 e. The van der Waals surface area contributed by atoms with Gasteiger partial charge in [-0.15, -0.1) is 11.3 Å². The number of anilines is 2. The maximum absolute atomic E-state index is 13.7. The van der Waals surface area contributed by atoms with Gasteiger partial charge in [-0.1, -0.05) is 50.6 Å². The Kier molecular flexibility index (Phi) is 8.68. The summed E-state index contributed by atoms with van der Waals surface area (Å²) in [5.74, 6) is 0.942. The first kappa shape index (κ1) is 28.0. The molecule has 1 heterocycles. The average Bonchev–Trinajstić information content (AvgIpc) is 3.22. The van der Waals surface area contributed by atoms with E-state index in [4.69, 9.17) is 21.1 Å². The van der Waals surface area contributed by atoms with E-state index in [2.05, 4.69) is 31.4 Å². The third-order valence-corrected chi connectivity index (χ3v) is 8.33. The van der Waals surface area contributed by atoms with E-state index in [0.29, 0.717) is 45.3 Å². The van der Waals surface area contributed by atoms with Gasteiger partial charge in [0.15, 0.2) is 6.61 Å². The second kappa shape index (κ2) is 11.8. The molecule has 0 spiro atoms. The lowest BCUT2D eigenvalue weighted by Gasteiger charge is -2.33. The molecule has 38 heavy (non-hydrogen) atoms. The molecule has 0 aliphatic heterocycles. The van der Waals surface area contributed by atoms with Crippen LogP contribution in [0.5, 0.6) is 11.5 Å². The summed E-state index contributed by atoms with van der Waals surface area (Å²) in [6.07, 6.45) is 2.66. The van der Waals surface area contributed by atoms with Crippen molar-refractivity contribution in [2.45, 2.75) is 53.9 Å². The highest BCUT2D eigenvalue weighted by Gasteiger charge is 2.34. The Hall–Kier alpha value is -3.03. The van der Waals surface area contributed by atoms with Gasteiger partial charge >= 0.3 is 0 Å². The molecule has 0 saturated carbocycles. The fraction of sp³-hybridized carbons (Fsp3) is 0.400. The number of halogens is 1. The van der Waals surface area contributed by atoms with Crippen LogP contribution in [0.4, 0.5) is 10.7 Å². The van der Waals surface area contributed by atoms with E-state index in [9.17, 15) is 9.59 Å². The van der Waals surface area contributed by atoms with Gasteiger partial charge < -0.3 is 20.1 Å². The predicted octanol–water partition coefficient (Wildman–Crippen LogP) is 7.53. The van der Waals surface area contributed by atoms with Gasteiger partial charge in [-0.05, 0) is 79.8 Å². The molecule has 1 atom stereocenters. The van der Waals surface area contributed by atoms with Crippen LogP contribution in [0.15, 0.2) is 42.5 Å². The lowest BCUT2D eigenvalue weighted by atomic mass is 9.72. The first-order valence-corrected chi connectivity index (χ1v) is 14.1. The Labute approximate surface area is 233 Å². The van der Waals surface area contributed by atoms with Crippen molar-refractivity contribution in [1.29, 1.82) is 0 Å². The molecule has 202 valence electrons. The normalized spacial score (nSPS) is 14.9. The van der Waals surface area contributed by atoms with E-state index in [0.717, 1.165) is 35.3 Å². The Bertz CT molecular complexity index is 1330. The number of aryl methyl sites for hydroxylation is 1. The van der Waals surface area contributed by atoms with Crippen molar-refractivity contribution in [2.24, 2.45) is 11.3 Å². The number of hydrogen-bond acceptors (Lipinski definition) is 5. The molecule has 3 aromatic rings. The van der Waals surface area contributed by atoms with Crippen LogP contribution in [0.25, 0.3) is 0 Å². The highest BCUT2D eigenvalue weighted by Crippen LogP contribution is 2.44. The topological polar surface area (TPSA) is 76.7 Å². The van der Waals surface area contributed by atoms with Gasteiger partial charge in [0.2, 0.25) is 0 Å². The van der Waals surface area contributed by atoms with Crippen LogP contribution in [0.2, 0.25) is 5.02 Å². The van der Waals surface area contributed by atoms with Crippen LogP contribution in [-0.4, -0.2) is 25.0 Å². The van der Waals surface area contributed by atoms with Crippen LogP contribution in [0.1, 0.15) is 60.5 Å². The molecule has 1 aromatic heterocycles. The standard InChI is InChI=1S/C30H35ClN2O4S/c1-6-36-23-10-8-7-9-22(23)32-28(35)27-20-13-12-19(30(3,4)5)16-25(20)38-29(27)33-26(34)17-37-24-15-18(2)11-14-21(24)31/h7-11,14-15,19H,6,12-13,16-17H2,1-5H3,(H,32,35)(H,33,34)/t19-/m0/s1. The summed E-state index contributed by atoms with van der Waals surface area (Å²) >= 11 is 7.71. The van der Waals surface area contributed by atoms with E-state index in [-0.39, 0.29) is 23.8 Å². The van der Waals surface area contributed by atoms with Crippen molar-refractivity contribution in [1.82, 2.24) is 0 Å². The third kappa shape index (κ3) is 6.51. The second-order valence-corrected chi connectivity index (χ2v) is 12.2. The first-order valence-electron chi connectivity index (χ1n) is 12.9. The number of rotatable bonds is 8. The molecular weight excluding hydrogens is 520 g/mol. The Balaban J connectivity index is 1.60. The number of fused-ring (bicyclic) bond motifs is 1. The fourth-order valence-electron chi connectivity index (χ4n) is 4.72. The van der Waals surface area contributed by atoms with Crippen LogP contribution >= 0.6 is 22.9 Å². The van der Waals surface area contributed by atoms with Crippen molar-refractivity contribution >= 4 is 45.4 Å². The van der Waals surface area contributed by atoms with E-state index < -0.39 is 0 Å². The number of carbonyl (C=O) groups is 2. The largest absolute Gasteiger partial charge is 0.492 e. The average molecular weight is 555 g/mol. The molecular formula is C30H35ClN2O4S. The van der Waals surface area contributed by atoms with Gasteiger partial charge in [0.05, 0.1) is 22.9 Å². The van der Waals surface area contributed by atoms with Crippen LogP contribution < -0.4 is 20.1 Å². The van der Waals surface area contributed by atoms with E-state index in [1.165, 1.54) is 11.3 Å². The number of nitrogens with one attached hydrogen (secondary N) is 2. The maximum Gasteiger partial charge on any atom is 0.262 e. The van der Waals surface area contributed by atoms with Gasteiger partial charge in [-0.3, -0.25) is 9.59 Å². The van der Waals surface area contributed by atoms with Gasteiger partial charge in [-0.2, -0.15) is 0 Å². The van der Waals surface area contributed by atoms with Gasteiger partial charge in [0, 0.05) is 4.88 Å². The van der Waals surface area contributed by atoms with E-state index in [1.807, 2.05) is 44.2 Å². The van der Waals surface area contributed by atoms with Crippen LogP contribution in [0.3, 0.4) is 0 Å². The second-order valence-electron chi connectivity index (χ2n) is 10.7. The van der Waals surface area contributed by atoms with Crippen molar-refractivity contribution in [2.75, 3.05) is 23.8 Å². The number of thiophene rings is 1. The van der Waals surface area contributed by atoms with Crippen LogP contribution in [-0.2, 0) is 17.6 Å². The van der Waals surface area contributed by atoms with Crippen molar-refractivity contribution in [3.8, 4) is 11.5 Å². The zero-order valence-corrected chi connectivity index (χ0v) is 24.1. The number of carbonyl (C=O) groups excluding carboxylic acids is 2. The number of ether oxygens (including phenoxy) is 2. The molecule has 1 aliphatic carbocycles. The van der Waals surface area contributed by atoms with E-state index >= 15 is 0 Å². The molecule has 0 bridgehead atoms. The quantitative estimate of drug-likeness (QED) is 0.302. The van der Waals surface area contributed by atoms with Crippen molar-refractivity contribution in [3.63, 3.8) is 0 Å². The summed E-state index contributed by atoms with van der Waals surface area (Å²) in [4.78, 5) is 27.8. The van der Waals surface area contributed by atoms with Crippen molar-refractivity contribution in [3.05, 3.63) is 69.1 Å². The van der Waals surface area contributed by atoms with Crippen LogP contribution in [0, 0.1) is 18.3 Å². The van der Waals surface area contributed by atoms with Crippen molar-refractivity contribution < 1.29 is 19.1 Å². The third-order valence-electron chi connectivity index (χ3n) is 6.85. The van der Waals surface area contributed by atoms with Gasteiger partial charge in [-0.25, -0.2) is 0 Å². The van der Waals surface area contributed by atoms with E-state index in [1.54, 1.807) is 12.1 Å². The molecule has 8 heteroatoms. The highest BCUT2D eigenvalue weighted by atomic mass is 35.5. The molecule has 0 unspecified atom stereocenters. The summed E-state index contributed by atoms with van der Waals surface area (Å²) in [6, 6.07) is 12.8. The first-order chi connectivity index (χ1) is 18.1. The summed E-state index contributed by atoms with van der Waals surface area (Å²) < 4.78 is 11.4. The summed E-state index contributed by atoms with van der Waals surface area (Å²) in [5, 5.41) is 6.95. The molecule has 4 rings (SSSR count). The Morgan fingerprint density at radius 2 is 1.84 bits per heavy atom. The van der Waals surface area contributed by atoms with Gasteiger partial charge in [0.25, 0.3) is 11.8 Å². The maximum atomic E-state index is 13.7. The molecule has 6 nitrogen and oxygen atoms in total. The monoisotopic (exact) mass is 554 g/mol. The molecule has 0 saturated heterocycles. The minimum Gasteiger partial charge on any atom is -0.492 e. The lowest BCUT2D eigenvalue weighted by Crippen LogP contribution is -2.27. The molecule has 0 radical (unpaired) electrons. The minimum atomic E-state index is -0.350. The number of amides is 2. The Morgan fingerprint density at radius 3 is 2.58 bits per heavy atom. The highest BCUT2D eigenvalue weighted by molar-refractivity contribution is 7.17. The number of para-hydroxylation sites is 2. The minimum absolute atomic E-state index is 0.158. The fourth-order valence-corrected chi connectivity index (χ4v) is 6.23. The summed E-state index contributed by atoms with van der Waals surface area (Å²) in [7, 11) is 0. The molecule has 2 aromatic carbocycles. The zero-order chi connectivity index (χ0) is 27.4. The number of hydrogen-bond donors (Lipinski definition) is 2. The number of benzene rings is 2. The molecule has 2 amide bonds. The summed E-state index contributed by atoms with van der Waals surface area (Å²) in [5.41, 5.74) is 3.27. The lowest BCUT2D eigenvalue weighted by molar-refractivity contribution is -0.118. The summed E-state index contributed by atoms with van der Waals surface area (Å²) in [6.45, 7) is 10.9. The molecule has 0 fully saturated rings. The SMILES string of the molecule is CCOc1ccccc1NC(=O)c1c(NC(=O)COc2cc(C)ccc2Cl)sc2c1CC[C@H](C(C)(C)C)C2. The van der Waals surface area contributed by atoms with Gasteiger partial charge in [0.1, 0.15) is 16.5 Å². The molecule has 2 N–H and O–H groups in total.